The summed E-state index contributed by atoms with van der Waals surface area (Å²) in [6.45, 7) is 4.88. The molecule has 3 aromatic rings. The predicted octanol–water partition coefficient (Wildman–Crippen LogP) is 3.34. The molecule has 2 aliphatic heterocycles. The molecule has 0 aliphatic carbocycles. The number of benzene rings is 1. The zero-order chi connectivity index (χ0) is 21.2. The molecule has 4 heterocycles. The van der Waals surface area contributed by atoms with Gasteiger partial charge in [0.05, 0.1) is 22.3 Å². The van der Waals surface area contributed by atoms with Crippen LogP contribution >= 0.6 is 11.8 Å². The van der Waals surface area contributed by atoms with E-state index in [1.807, 2.05) is 12.1 Å². The Hall–Kier alpha value is -2.80. The number of rotatable bonds is 2. The zero-order valence-electron chi connectivity index (χ0n) is 17.6. The smallest absolute Gasteiger partial charge is 0.331 e. The minimum atomic E-state index is -0.305. The van der Waals surface area contributed by atoms with Crippen LogP contribution in [0.3, 0.4) is 0 Å². The molecule has 0 saturated carbocycles. The molecule has 6 nitrogen and oxygen atoms in total. The Labute approximate surface area is 178 Å². The third-order valence-electron chi connectivity index (χ3n) is 6.00. The van der Waals surface area contributed by atoms with E-state index in [1.165, 1.54) is 4.57 Å². The lowest BCUT2D eigenvalue weighted by molar-refractivity contribution is 0.690. The van der Waals surface area contributed by atoms with Crippen LogP contribution in [0.1, 0.15) is 24.6 Å². The molecule has 1 unspecified atom stereocenters. The van der Waals surface area contributed by atoms with Gasteiger partial charge in [-0.25, -0.2) is 4.79 Å². The van der Waals surface area contributed by atoms with E-state index in [4.69, 9.17) is 4.99 Å². The molecule has 5 rings (SSSR count). The molecule has 0 N–H and O–H groups in total. The summed E-state index contributed by atoms with van der Waals surface area (Å²) in [6, 6.07) is 8.22. The quantitative estimate of drug-likeness (QED) is 0.639. The first kappa shape index (κ1) is 19.2. The topological polar surface area (TPSA) is 61.3 Å². The lowest BCUT2D eigenvalue weighted by Crippen LogP contribution is -2.37. The normalized spacial score (nSPS) is 18.5. The Morgan fingerprint density at radius 1 is 1.10 bits per heavy atom. The summed E-state index contributed by atoms with van der Waals surface area (Å²) >= 11 is 1.80. The number of nitrogens with zero attached hydrogens (tertiary/aromatic N) is 4. The maximum Gasteiger partial charge on any atom is 0.331 e. The molecule has 2 aromatic heterocycles. The SMILES string of the molecule is CC1=NC(C2=CCCn3c(-c4cccc(C)c4)c4c(=O)n(C)c(=O)n(C)c4c32)SC1. The van der Waals surface area contributed by atoms with Crippen molar-refractivity contribution in [2.45, 2.75) is 32.2 Å². The molecule has 154 valence electrons. The minimum absolute atomic E-state index is 0.00618. The number of hydrogen-bond acceptors (Lipinski definition) is 4. The first-order valence-corrected chi connectivity index (χ1v) is 11.2. The molecule has 0 radical (unpaired) electrons. The molecule has 0 amide bonds. The van der Waals surface area contributed by atoms with E-state index >= 15 is 0 Å². The van der Waals surface area contributed by atoms with Crippen molar-refractivity contribution in [2.24, 2.45) is 19.1 Å². The Balaban J connectivity index is 1.94. The summed E-state index contributed by atoms with van der Waals surface area (Å²) in [6.07, 6.45) is 3.11. The summed E-state index contributed by atoms with van der Waals surface area (Å²) < 4.78 is 5.07. The zero-order valence-corrected chi connectivity index (χ0v) is 18.4. The second kappa shape index (κ2) is 6.87. The Bertz CT molecular complexity index is 1390. The Morgan fingerprint density at radius 2 is 1.90 bits per heavy atom. The average molecular weight is 421 g/mol. The van der Waals surface area contributed by atoms with Crippen molar-refractivity contribution in [3.63, 3.8) is 0 Å². The maximum atomic E-state index is 13.4. The summed E-state index contributed by atoms with van der Waals surface area (Å²) in [5.41, 5.74) is 6.39. The fourth-order valence-corrected chi connectivity index (χ4v) is 5.73. The summed E-state index contributed by atoms with van der Waals surface area (Å²) in [5, 5.41) is 0.614. The van der Waals surface area contributed by atoms with Crippen molar-refractivity contribution in [3.05, 3.63) is 62.4 Å². The van der Waals surface area contributed by atoms with Gasteiger partial charge >= 0.3 is 5.69 Å². The molecule has 0 bridgehead atoms. The van der Waals surface area contributed by atoms with E-state index in [1.54, 1.807) is 30.4 Å². The first-order valence-electron chi connectivity index (χ1n) is 10.1. The monoisotopic (exact) mass is 420 g/mol. The second-order valence-electron chi connectivity index (χ2n) is 8.12. The molecule has 30 heavy (non-hydrogen) atoms. The molecule has 1 atom stereocenters. The molecule has 0 saturated heterocycles. The highest BCUT2D eigenvalue weighted by Crippen LogP contribution is 2.42. The fourth-order valence-electron chi connectivity index (χ4n) is 4.62. The van der Waals surface area contributed by atoms with Gasteiger partial charge in [0.1, 0.15) is 5.37 Å². The van der Waals surface area contributed by atoms with Crippen molar-refractivity contribution in [2.75, 3.05) is 5.75 Å². The third-order valence-corrected chi connectivity index (χ3v) is 7.26. The fraction of sp³-hybridized carbons (Fsp3) is 0.348. The standard InChI is InChI=1S/C23H24N4O2S/c1-13-7-5-8-15(11-13)18-17-20(25(3)23(29)26(4)22(17)28)19-16(9-6-10-27(18)19)21-24-14(2)12-30-21/h5,7-9,11,21H,6,10,12H2,1-4H3. The Morgan fingerprint density at radius 3 is 2.60 bits per heavy atom. The summed E-state index contributed by atoms with van der Waals surface area (Å²) in [7, 11) is 3.31. The van der Waals surface area contributed by atoms with Crippen LogP contribution in [0.5, 0.6) is 0 Å². The van der Waals surface area contributed by atoms with E-state index < -0.39 is 0 Å². The number of aliphatic imine (C=N–C) groups is 1. The van der Waals surface area contributed by atoms with Gasteiger partial charge in [-0.1, -0.05) is 29.8 Å². The Kier molecular flexibility index (Phi) is 4.39. The highest BCUT2D eigenvalue weighted by Gasteiger charge is 2.32. The number of hydrogen-bond donors (Lipinski definition) is 0. The second-order valence-corrected chi connectivity index (χ2v) is 9.19. The highest BCUT2D eigenvalue weighted by atomic mass is 32.2. The number of allylic oxidation sites excluding steroid dienone is 1. The third kappa shape index (κ3) is 2.68. The van der Waals surface area contributed by atoms with Gasteiger partial charge in [0.25, 0.3) is 5.56 Å². The number of thioether (sulfide) groups is 1. The molecule has 1 aromatic carbocycles. The first-order chi connectivity index (χ1) is 14.4. The van der Waals surface area contributed by atoms with Gasteiger partial charge in [-0.3, -0.25) is 18.9 Å². The van der Waals surface area contributed by atoms with Crippen LogP contribution in [0.15, 0.2) is 44.9 Å². The molecular formula is C23H24N4O2S. The van der Waals surface area contributed by atoms with E-state index in [-0.39, 0.29) is 16.6 Å². The number of aryl methyl sites for hydroxylation is 2. The van der Waals surface area contributed by atoms with E-state index in [9.17, 15) is 9.59 Å². The van der Waals surface area contributed by atoms with Crippen LogP contribution in [0, 0.1) is 6.92 Å². The van der Waals surface area contributed by atoms with Crippen LogP contribution in [-0.4, -0.2) is 30.5 Å². The van der Waals surface area contributed by atoms with Gasteiger partial charge in [0.15, 0.2) is 0 Å². The van der Waals surface area contributed by atoms with Crippen LogP contribution < -0.4 is 11.2 Å². The number of aromatic nitrogens is 3. The number of fused-ring (bicyclic) bond motifs is 3. The molecular weight excluding hydrogens is 396 g/mol. The van der Waals surface area contributed by atoms with Gasteiger partial charge in [0, 0.05) is 37.7 Å². The van der Waals surface area contributed by atoms with Crippen LogP contribution in [-0.2, 0) is 20.6 Å². The van der Waals surface area contributed by atoms with E-state index in [0.29, 0.717) is 10.9 Å². The van der Waals surface area contributed by atoms with Crippen LogP contribution in [0.2, 0.25) is 0 Å². The van der Waals surface area contributed by atoms with Crippen LogP contribution in [0.25, 0.3) is 27.7 Å². The van der Waals surface area contributed by atoms with Crippen molar-refractivity contribution in [1.82, 2.24) is 13.7 Å². The average Bonchev–Trinajstić information content (AvgIpc) is 3.32. The van der Waals surface area contributed by atoms with Crippen molar-refractivity contribution in [3.8, 4) is 11.3 Å². The summed E-state index contributed by atoms with van der Waals surface area (Å²) in [5.74, 6) is 0.909. The largest absolute Gasteiger partial charge is 0.338 e. The van der Waals surface area contributed by atoms with Gasteiger partial charge in [0.2, 0.25) is 0 Å². The van der Waals surface area contributed by atoms with Crippen molar-refractivity contribution in [1.29, 1.82) is 0 Å². The minimum Gasteiger partial charge on any atom is -0.338 e. The lowest BCUT2D eigenvalue weighted by Gasteiger charge is -2.22. The van der Waals surface area contributed by atoms with Crippen LogP contribution in [0.4, 0.5) is 0 Å². The van der Waals surface area contributed by atoms with Crippen molar-refractivity contribution < 1.29 is 0 Å². The summed E-state index contributed by atoms with van der Waals surface area (Å²) in [4.78, 5) is 31.0. The maximum absolute atomic E-state index is 13.4. The molecule has 0 fully saturated rings. The van der Waals surface area contributed by atoms with Gasteiger partial charge in [-0.15, -0.1) is 11.8 Å². The molecule has 7 heteroatoms. The highest BCUT2D eigenvalue weighted by molar-refractivity contribution is 8.01. The van der Waals surface area contributed by atoms with Gasteiger partial charge in [-0.2, -0.15) is 0 Å². The molecule has 0 spiro atoms. The van der Waals surface area contributed by atoms with Crippen molar-refractivity contribution >= 4 is 33.9 Å². The molecule has 2 aliphatic rings. The predicted molar refractivity (Wildman–Crippen MR) is 125 cm³/mol. The van der Waals surface area contributed by atoms with E-state index in [2.05, 4.69) is 36.6 Å². The van der Waals surface area contributed by atoms with Gasteiger partial charge in [-0.05, 0) is 31.9 Å². The lowest BCUT2D eigenvalue weighted by atomic mass is 10.1. The van der Waals surface area contributed by atoms with Gasteiger partial charge < -0.3 is 4.57 Å². The van der Waals surface area contributed by atoms with E-state index in [0.717, 1.165) is 52.5 Å².